The molecule has 0 amide bonds. The molecule has 1 rings (SSSR count). The van der Waals surface area contributed by atoms with Crippen molar-refractivity contribution >= 4 is 15.9 Å². The Balaban J connectivity index is 2.74. The van der Waals surface area contributed by atoms with Crippen molar-refractivity contribution in [2.75, 3.05) is 13.6 Å². The zero-order valence-electron chi connectivity index (χ0n) is 5.69. The topological polar surface area (TPSA) is 3.24 Å². The van der Waals surface area contributed by atoms with Gasteiger partial charge in [-0.05, 0) is 13.0 Å². The number of hydrogen-bond donors (Lipinski definition) is 0. The van der Waals surface area contributed by atoms with Crippen LogP contribution >= 0.6 is 15.9 Å². The maximum Gasteiger partial charge on any atom is 0.0367 e. The van der Waals surface area contributed by atoms with Crippen molar-refractivity contribution in [2.24, 2.45) is 0 Å². The molecule has 1 heterocycles. The van der Waals surface area contributed by atoms with Gasteiger partial charge in [-0.2, -0.15) is 0 Å². The predicted octanol–water partition coefficient (Wildman–Crippen LogP) is 2.11. The lowest BCUT2D eigenvalue weighted by molar-refractivity contribution is 0.460. The van der Waals surface area contributed by atoms with Crippen LogP contribution in [0.3, 0.4) is 0 Å². The van der Waals surface area contributed by atoms with Crippen molar-refractivity contribution in [1.29, 1.82) is 0 Å². The molecule has 50 valence electrons. The third kappa shape index (κ3) is 1.58. The number of likely N-dealkylation sites (N-methyl/N-ethyl adjacent to an activating group) is 1. The molecule has 0 fully saturated rings. The Morgan fingerprint density at radius 2 is 2.33 bits per heavy atom. The second-order valence-electron chi connectivity index (χ2n) is 2.26. The first-order valence-corrected chi connectivity index (χ1v) is 3.74. The lowest BCUT2D eigenvalue weighted by Gasteiger charge is -2.21. The van der Waals surface area contributed by atoms with Crippen molar-refractivity contribution in [3.63, 3.8) is 0 Å². The van der Waals surface area contributed by atoms with Crippen molar-refractivity contribution in [2.45, 2.75) is 6.92 Å². The smallest absolute Gasteiger partial charge is 0.0367 e. The van der Waals surface area contributed by atoms with Gasteiger partial charge in [-0.15, -0.1) is 0 Å². The standard InChI is InChI=1S/C7H10BrN/c1-6-5-7(8)3-4-9(6)2/h3,5H,4H2,1-2H3. The summed E-state index contributed by atoms with van der Waals surface area (Å²) in [7, 11) is 2.09. The molecular formula is C7H10BrN. The maximum atomic E-state index is 3.41. The van der Waals surface area contributed by atoms with E-state index in [2.05, 4.69) is 47.0 Å². The molecule has 0 saturated carbocycles. The summed E-state index contributed by atoms with van der Waals surface area (Å²) in [6.07, 6.45) is 4.26. The molecule has 0 spiro atoms. The molecule has 0 aromatic carbocycles. The molecule has 0 aromatic rings. The Morgan fingerprint density at radius 3 is 2.78 bits per heavy atom. The van der Waals surface area contributed by atoms with Gasteiger partial charge in [0.25, 0.3) is 0 Å². The largest absolute Gasteiger partial charge is 0.374 e. The number of nitrogens with zero attached hydrogens (tertiary/aromatic N) is 1. The van der Waals surface area contributed by atoms with E-state index in [-0.39, 0.29) is 0 Å². The van der Waals surface area contributed by atoms with E-state index < -0.39 is 0 Å². The van der Waals surface area contributed by atoms with Crippen molar-refractivity contribution in [3.8, 4) is 0 Å². The molecule has 1 aliphatic rings. The number of allylic oxidation sites excluding steroid dienone is 3. The minimum absolute atomic E-state index is 1.02. The van der Waals surface area contributed by atoms with Crippen LogP contribution in [0.5, 0.6) is 0 Å². The van der Waals surface area contributed by atoms with Gasteiger partial charge in [-0.1, -0.05) is 22.0 Å². The van der Waals surface area contributed by atoms with Crippen LogP contribution in [-0.2, 0) is 0 Å². The van der Waals surface area contributed by atoms with Crippen LogP contribution in [0.4, 0.5) is 0 Å². The first kappa shape index (κ1) is 6.87. The van der Waals surface area contributed by atoms with Gasteiger partial charge in [0.05, 0.1) is 0 Å². The van der Waals surface area contributed by atoms with Gasteiger partial charge >= 0.3 is 0 Å². The molecule has 0 N–H and O–H groups in total. The monoisotopic (exact) mass is 187 g/mol. The SMILES string of the molecule is CC1=CC(Br)=CCN1C. The second kappa shape index (κ2) is 2.56. The number of halogens is 1. The highest BCUT2D eigenvalue weighted by Gasteiger charge is 2.02. The molecular weight excluding hydrogens is 178 g/mol. The number of hydrogen-bond acceptors (Lipinski definition) is 1. The highest BCUT2D eigenvalue weighted by Crippen LogP contribution is 2.16. The summed E-state index contributed by atoms with van der Waals surface area (Å²) in [5, 5.41) is 0. The fourth-order valence-corrected chi connectivity index (χ4v) is 1.21. The van der Waals surface area contributed by atoms with Gasteiger partial charge in [-0.25, -0.2) is 0 Å². The quantitative estimate of drug-likeness (QED) is 0.562. The third-order valence-electron chi connectivity index (χ3n) is 1.51. The molecule has 1 aliphatic heterocycles. The van der Waals surface area contributed by atoms with Crippen LogP contribution in [0.15, 0.2) is 22.3 Å². The van der Waals surface area contributed by atoms with Gasteiger partial charge in [0, 0.05) is 23.8 Å². The van der Waals surface area contributed by atoms with Gasteiger partial charge < -0.3 is 4.90 Å². The lowest BCUT2D eigenvalue weighted by Crippen LogP contribution is -2.18. The van der Waals surface area contributed by atoms with E-state index >= 15 is 0 Å². The Kier molecular flexibility index (Phi) is 1.96. The highest BCUT2D eigenvalue weighted by molar-refractivity contribution is 9.11. The predicted molar refractivity (Wildman–Crippen MR) is 43.4 cm³/mol. The summed E-state index contributed by atoms with van der Waals surface area (Å²) in [5.41, 5.74) is 1.31. The van der Waals surface area contributed by atoms with E-state index in [1.54, 1.807) is 0 Å². The molecule has 2 heteroatoms. The summed E-state index contributed by atoms with van der Waals surface area (Å²) in [6.45, 7) is 3.12. The molecule has 0 saturated heterocycles. The summed E-state index contributed by atoms with van der Waals surface area (Å²) in [5.74, 6) is 0. The fourth-order valence-electron chi connectivity index (χ4n) is 0.737. The van der Waals surface area contributed by atoms with E-state index in [4.69, 9.17) is 0 Å². The van der Waals surface area contributed by atoms with E-state index in [9.17, 15) is 0 Å². The van der Waals surface area contributed by atoms with Crippen LogP contribution in [0.2, 0.25) is 0 Å². The van der Waals surface area contributed by atoms with Crippen LogP contribution in [-0.4, -0.2) is 18.5 Å². The van der Waals surface area contributed by atoms with Crippen molar-refractivity contribution in [3.05, 3.63) is 22.3 Å². The maximum absolute atomic E-state index is 3.41. The van der Waals surface area contributed by atoms with Gasteiger partial charge in [0.2, 0.25) is 0 Å². The molecule has 0 aliphatic carbocycles. The molecule has 0 atom stereocenters. The average molecular weight is 188 g/mol. The normalized spacial score (nSPS) is 19.2. The number of rotatable bonds is 0. The van der Waals surface area contributed by atoms with Crippen LogP contribution in [0, 0.1) is 0 Å². The van der Waals surface area contributed by atoms with Gasteiger partial charge in [0.1, 0.15) is 0 Å². The zero-order chi connectivity index (χ0) is 6.85. The van der Waals surface area contributed by atoms with Gasteiger partial charge in [-0.3, -0.25) is 0 Å². The van der Waals surface area contributed by atoms with Crippen LogP contribution < -0.4 is 0 Å². The molecule has 0 bridgehead atoms. The van der Waals surface area contributed by atoms with E-state index in [1.165, 1.54) is 10.2 Å². The van der Waals surface area contributed by atoms with Crippen LogP contribution in [0.1, 0.15) is 6.92 Å². The van der Waals surface area contributed by atoms with Crippen LogP contribution in [0.25, 0.3) is 0 Å². The summed E-state index contributed by atoms with van der Waals surface area (Å²) in [4.78, 5) is 2.20. The van der Waals surface area contributed by atoms with Crippen molar-refractivity contribution in [1.82, 2.24) is 4.90 Å². The fraction of sp³-hybridized carbons (Fsp3) is 0.429. The Bertz CT molecular complexity index is 170. The highest BCUT2D eigenvalue weighted by atomic mass is 79.9. The molecule has 1 nitrogen and oxygen atoms in total. The van der Waals surface area contributed by atoms with E-state index in [1.807, 2.05) is 0 Å². The van der Waals surface area contributed by atoms with Crippen molar-refractivity contribution < 1.29 is 0 Å². The van der Waals surface area contributed by atoms with E-state index in [0.717, 1.165) is 6.54 Å². The average Bonchev–Trinajstić information content (AvgIpc) is 1.80. The zero-order valence-corrected chi connectivity index (χ0v) is 7.27. The van der Waals surface area contributed by atoms with Gasteiger partial charge in [0.15, 0.2) is 0 Å². The molecule has 9 heavy (non-hydrogen) atoms. The first-order valence-electron chi connectivity index (χ1n) is 2.95. The lowest BCUT2D eigenvalue weighted by atomic mass is 10.3. The summed E-state index contributed by atoms with van der Waals surface area (Å²) < 4.78 is 1.19. The third-order valence-corrected chi connectivity index (χ3v) is 2.06. The second-order valence-corrected chi connectivity index (χ2v) is 3.17. The molecule has 0 unspecified atom stereocenters. The summed E-state index contributed by atoms with van der Waals surface area (Å²) in [6, 6.07) is 0. The molecule has 0 radical (unpaired) electrons. The molecule has 0 aromatic heterocycles. The Morgan fingerprint density at radius 1 is 1.67 bits per heavy atom. The van der Waals surface area contributed by atoms with E-state index in [0.29, 0.717) is 0 Å². The summed E-state index contributed by atoms with van der Waals surface area (Å²) >= 11 is 3.41. The minimum Gasteiger partial charge on any atom is -0.374 e. The Hall–Kier alpha value is -0.240. The minimum atomic E-state index is 1.02. The Labute approximate surface area is 64.2 Å². The first-order chi connectivity index (χ1) is 4.20.